The Morgan fingerprint density at radius 2 is 2.00 bits per heavy atom. The minimum absolute atomic E-state index is 0.677. The van der Waals surface area contributed by atoms with E-state index in [1.54, 1.807) is 4.90 Å². The largest absolute Gasteiger partial charge is 0.315 e. The molecule has 0 aliphatic rings. The summed E-state index contributed by atoms with van der Waals surface area (Å²) in [4.78, 5) is 12.7. The summed E-state index contributed by atoms with van der Waals surface area (Å²) in [6, 6.07) is 9.79. The van der Waals surface area contributed by atoms with Gasteiger partial charge in [0, 0.05) is 12.2 Å². The first-order valence-electron chi connectivity index (χ1n) is 5.55. The van der Waals surface area contributed by atoms with Crippen LogP contribution in [0.25, 0.3) is 0 Å². The van der Waals surface area contributed by atoms with Gasteiger partial charge >= 0.3 is 0 Å². The zero-order chi connectivity index (χ0) is 11.1. The Balaban J connectivity index is 2.53. The molecule has 0 spiro atoms. The minimum atomic E-state index is 0.677. The first kappa shape index (κ1) is 11.8. The van der Waals surface area contributed by atoms with Gasteiger partial charge in [-0.2, -0.15) is 0 Å². The van der Waals surface area contributed by atoms with Gasteiger partial charge in [-0.15, -0.1) is 0 Å². The normalized spacial score (nSPS) is 12.1. The van der Waals surface area contributed by atoms with E-state index in [-0.39, 0.29) is 0 Å². The first-order valence-corrected chi connectivity index (χ1v) is 5.55. The van der Waals surface area contributed by atoms with Crippen LogP contribution < -0.4 is 4.90 Å². The third-order valence-electron chi connectivity index (χ3n) is 2.77. The molecule has 0 saturated heterocycles. The molecule has 1 unspecified atom stereocenters. The van der Waals surface area contributed by atoms with Crippen LogP contribution in [0.2, 0.25) is 0 Å². The summed E-state index contributed by atoms with van der Waals surface area (Å²) in [5.74, 6) is 0.677. The number of para-hydroxylation sites is 1. The van der Waals surface area contributed by atoms with E-state index >= 15 is 0 Å². The van der Waals surface area contributed by atoms with Crippen molar-refractivity contribution >= 4 is 12.1 Å². The molecule has 0 aliphatic heterocycles. The van der Waals surface area contributed by atoms with Crippen molar-refractivity contribution in [2.45, 2.75) is 26.7 Å². The average molecular weight is 205 g/mol. The number of anilines is 1. The van der Waals surface area contributed by atoms with Gasteiger partial charge in [-0.25, -0.2) is 0 Å². The summed E-state index contributed by atoms with van der Waals surface area (Å²) < 4.78 is 0. The van der Waals surface area contributed by atoms with Gasteiger partial charge in [0.25, 0.3) is 0 Å². The molecule has 15 heavy (non-hydrogen) atoms. The lowest BCUT2D eigenvalue weighted by atomic mass is 10.1. The molecule has 0 bridgehead atoms. The van der Waals surface area contributed by atoms with Crippen molar-refractivity contribution in [1.29, 1.82) is 0 Å². The second kappa shape index (κ2) is 6.23. The number of rotatable bonds is 6. The van der Waals surface area contributed by atoms with Crippen molar-refractivity contribution in [2.75, 3.05) is 11.4 Å². The van der Waals surface area contributed by atoms with E-state index in [9.17, 15) is 4.79 Å². The van der Waals surface area contributed by atoms with E-state index in [4.69, 9.17) is 0 Å². The predicted octanol–water partition coefficient (Wildman–Crippen LogP) is 3.09. The van der Waals surface area contributed by atoms with Crippen LogP contribution in [0.15, 0.2) is 30.3 Å². The van der Waals surface area contributed by atoms with E-state index in [1.165, 1.54) is 6.42 Å². The molecule has 82 valence electrons. The minimum Gasteiger partial charge on any atom is -0.315 e. The lowest BCUT2D eigenvalue weighted by Gasteiger charge is -2.19. The molecule has 0 saturated carbocycles. The number of carbonyl (C=O) groups excluding carboxylic acids is 1. The van der Waals surface area contributed by atoms with Gasteiger partial charge in [-0.05, 0) is 24.5 Å². The van der Waals surface area contributed by atoms with Crippen LogP contribution in [0.3, 0.4) is 0 Å². The maximum Gasteiger partial charge on any atom is 0.214 e. The highest BCUT2D eigenvalue weighted by Crippen LogP contribution is 2.14. The molecule has 0 aliphatic carbocycles. The summed E-state index contributed by atoms with van der Waals surface area (Å²) in [5.41, 5.74) is 0.982. The smallest absolute Gasteiger partial charge is 0.214 e. The average Bonchev–Trinajstić information content (AvgIpc) is 2.31. The Hall–Kier alpha value is -1.31. The highest BCUT2D eigenvalue weighted by Gasteiger charge is 2.06. The van der Waals surface area contributed by atoms with Crippen molar-refractivity contribution in [3.63, 3.8) is 0 Å². The van der Waals surface area contributed by atoms with Gasteiger partial charge in [-0.3, -0.25) is 4.79 Å². The molecule has 1 aromatic rings. The van der Waals surface area contributed by atoms with Crippen LogP contribution in [0.1, 0.15) is 26.7 Å². The fourth-order valence-corrected chi connectivity index (χ4v) is 1.43. The van der Waals surface area contributed by atoms with Gasteiger partial charge in [0.2, 0.25) is 6.41 Å². The van der Waals surface area contributed by atoms with E-state index in [2.05, 4.69) is 13.8 Å². The molecule has 0 fully saturated rings. The lowest BCUT2D eigenvalue weighted by molar-refractivity contribution is -0.107. The fourth-order valence-electron chi connectivity index (χ4n) is 1.43. The highest BCUT2D eigenvalue weighted by molar-refractivity contribution is 5.74. The third-order valence-corrected chi connectivity index (χ3v) is 2.77. The summed E-state index contributed by atoms with van der Waals surface area (Å²) in [5, 5.41) is 0. The van der Waals surface area contributed by atoms with E-state index < -0.39 is 0 Å². The molecule has 0 heterocycles. The molecule has 2 nitrogen and oxygen atoms in total. The Bertz CT molecular complexity index is 284. The molecule has 0 N–H and O–H groups in total. The molecule has 2 heteroatoms. The molecule has 1 rings (SSSR count). The maximum atomic E-state index is 10.9. The van der Waals surface area contributed by atoms with E-state index in [0.29, 0.717) is 5.92 Å². The Kier molecular flexibility index (Phi) is 4.88. The number of carbonyl (C=O) groups is 1. The monoisotopic (exact) mass is 205 g/mol. The number of hydrogen-bond acceptors (Lipinski definition) is 1. The molecule has 1 amide bonds. The van der Waals surface area contributed by atoms with E-state index in [0.717, 1.165) is 25.1 Å². The molecule has 1 aromatic carbocycles. The number of benzene rings is 1. The predicted molar refractivity (Wildman–Crippen MR) is 63.9 cm³/mol. The molecular weight excluding hydrogens is 186 g/mol. The van der Waals surface area contributed by atoms with E-state index in [1.807, 2.05) is 30.3 Å². The zero-order valence-electron chi connectivity index (χ0n) is 9.52. The quantitative estimate of drug-likeness (QED) is 0.653. The van der Waals surface area contributed by atoms with Crippen molar-refractivity contribution < 1.29 is 4.79 Å². The van der Waals surface area contributed by atoms with Crippen molar-refractivity contribution in [2.24, 2.45) is 5.92 Å². The third kappa shape index (κ3) is 3.74. The van der Waals surface area contributed by atoms with Crippen molar-refractivity contribution in [1.82, 2.24) is 0 Å². The Morgan fingerprint density at radius 1 is 1.33 bits per heavy atom. The Labute approximate surface area is 91.9 Å². The van der Waals surface area contributed by atoms with Crippen LogP contribution in [-0.4, -0.2) is 13.0 Å². The molecular formula is C13H19NO. The topological polar surface area (TPSA) is 20.3 Å². The van der Waals surface area contributed by atoms with Crippen LogP contribution in [0.4, 0.5) is 5.69 Å². The molecule has 0 radical (unpaired) electrons. The Morgan fingerprint density at radius 3 is 2.53 bits per heavy atom. The SMILES string of the molecule is CCC(C)CCN(C=O)c1ccccc1. The second-order valence-electron chi connectivity index (χ2n) is 3.94. The molecule has 1 atom stereocenters. The summed E-state index contributed by atoms with van der Waals surface area (Å²) in [7, 11) is 0. The second-order valence-corrected chi connectivity index (χ2v) is 3.94. The first-order chi connectivity index (χ1) is 7.27. The van der Waals surface area contributed by atoms with Gasteiger partial charge in [0.05, 0.1) is 0 Å². The summed E-state index contributed by atoms with van der Waals surface area (Å²) in [6.45, 7) is 5.20. The molecule has 0 aromatic heterocycles. The number of amides is 1. The number of nitrogens with zero attached hydrogens (tertiary/aromatic N) is 1. The summed E-state index contributed by atoms with van der Waals surface area (Å²) in [6.07, 6.45) is 3.14. The van der Waals surface area contributed by atoms with Crippen LogP contribution >= 0.6 is 0 Å². The van der Waals surface area contributed by atoms with Crippen molar-refractivity contribution in [3.05, 3.63) is 30.3 Å². The van der Waals surface area contributed by atoms with Crippen LogP contribution in [-0.2, 0) is 4.79 Å². The number of hydrogen-bond donors (Lipinski definition) is 0. The summed E-state index contributed by atoms with van der Waals surface area (Å²) >= 11 is 0. The zero-order valence-corrected chi connectivity index (χ0v) is 9.52. The lowest BCUT2D eigenvalue weighted by Crippen LogP contribution is -2.23. The van der Waals surface area contributed by atoms with Crippen molar-refractivity contribution in [3.8, 4) is 0 Å². The van der Waals surface area contributed by atoms with Gasteiger partial charge in [-0.1, -0.05) is 38.5 Å². The van der Waals surface area contributed by atoms with Crippen LogP contribution in [0, 0.1) is 5.92 Å². The van der Waals surface area contributed by atoms with Crippen LogP contribution in [0.5, 0.6) is 0 Å². The maximum absolute atomic E-state index is 10.9. The standard InChI is InChI=1S/C13H19NO/c1-3-12(2)9-10-14(11-15)13-7-5-4-6-8-13/h4-8,11-12H,3,9-10H2,1-2H3. The fraction of sp³-hybridized carbons (Fsp3) is 0.462. The van der Waals surface area contributed by atoms with Gasteiger partial charge in [0.15, 0.2) is 0 Å². The van der Waals surface area contributed by atoms with Gasteiger partial charge < -0.3 is 4.90 Å². The highest BCUT2D eigenvalue weighted by atomic mass is 16.1. The van der Waals surface area contributed by atoms with Gasteiger partial charge in [0.1, 0.15) is 0 Å².